The molecule has 1 aromatic heterocycles. The van der Waals surface area contributed by atoms with E-state index in [0.717, 1.165) is 23.4 Å². The van der Waals surface area contributed by atoms with Gasteiger partial charge in [0.05, 0.1) is 13.7 Å². The lowest BCUT2D eigenvalue weighted by molar-refractivity contribution is 0.406. The third kappa shape index (κ3) is 2.85. The zero-order chi connectivity index (χ0) is 13.8. The van der Waals surface area contributed by atoms with Crippen LogP contribution in [0.5, 0.6) is 5.75 Å². The molecule has 0 fully saturated rings. The van der Waals surface area contributed by atoms with Gasteiger partial charge >= 0.3 is 5.69 Å². The highest BCUT2D eigenvalue weighted by Gasteiger charge is 2.08. The van der Waals surface area contributed by atoms with Crippen LogP contribution in [0.2, 0.25) is 0 Å². The zero-order valence-corrected chi connectivity index (χ0v) is 11.4. The number of aryl methyl sites for hydroxylation is 1. The summed E-state index contributed by atoms with van der Waals surface area (Å²) in [7, 11) is 5.20. The van der Waals surface area contributed by atoms with Crippen LogP contribution in [0.25, 0.3) is 0 Å². The molecule has 2 aromatic rings. The van der Waals surface area contributed by atoms with Gasteiger partial charge in [0, 0.05) is 19.2 Å². The fourth-order valence-corrected chi connectivity index (χ4v) is 1.96. The molecule has 0 radical (unpaired) electrons. The lowest BCUT2D eigenvalue weighted by Gasteiger charge is -2.10. The Labute approximate surface area is 111 Å². The van der Waals surface area contributed by atoms with E-state index in [1.807, 2.05) is 25.2 Å². The molecule has 1 N–H and O–H groups in total. The van der Waals surface area contributed by atoms with Crippen molar-refractivity contribution in [3.63, 3.8) is 0 Å². The van der Waals surface area contributed by atoms with Gasteiger partial charge in [0.25, 0.3) is 0 Å². The summed E-state index contributed by atoms with van der Waals surface area (Å²) >= 11 is 0. The Morgan fingerprint density at radius 3 is 2.79 bits per heavy atom. The van der Waals surface area contributed by atoms with Crippen molar-refractivity contribution in [2.75, 3.05) is 14.2 Å². The summed E-state index contributed by atoms with van der Waals surface area (Å²) in [6.45, 7) is 1.18. The van der Waals surface area contributed by atoms with Gasteiger partial charge in [-0.25, -0.2) is 9.48 Å². The first-order valence-electron chi connectivity index (χ1n) is 6.04. The van der Waals surface area contributed by atoms with Crippen molar-refractivity contribution in [1.82, 2.24) is 19.7 Å². The van der Waals surface area contributed by atoms with Crippen molar-refractivity contribution < 1.29 is 4.74 Å². The standard InChI is InChI=1S/C13H18N4O2/c1-14-7-10-4-5-12(19-3)11(6-10)8-17-13(18)16(2)9-15-17/h4-6,9,14H,7-8H2,1-3H3. The largest absolute Gasteiger partial charge is 0.496 e. The minimum atomic E-state index is -0.138. The number of rotatable bonds is 5. The maximum Gasteiger partial charge on any atom is 0.345 e. The van der Waals surface area contributed by atoms with Crippen LogP contribution in [0.4, 0.5) is 0 Å². The molecule has 0 unspecified atom stereocenters. The maximum atomic E-state index is 11.8. The van der Waals surface area contributed by atoms with Gasteiger partial charge < -0.3 is 10.1 Å². The first-order valence-corrected chi connectivity index (χ1v) is 6.04. The van der Waals surface area contributed by atoms with Crippen LogP contribution in [0, 0.1) is 0 Å². The fraction of sp³-hybridized carbons (Fsp3) is 0.385. The molecule has 6 nitrogen and oxygen atoms in total. The smallest absolute Gasteiger partial charge is 0.345 e. The second-order valence-corrected chi connectivity index (χ2v) is 4.36. The molecule has 1 heterocycles. The Bertz CT molecular complexity index is 615. The quantitative estimate of drug-likeness (QED) is 0.845. The van der Waals surface area contributed by atoms with Crippen LogP contribution in [0.1, 0.15) is 11.1 Å². The summed E-state index contributed by atoms with van der Waals surface area (Å²) in [6, 6.07) is 5.94. The van der Waals surface area contributed by atoms with Crippen molar-refractivity contribution in [3.8, 4) is 5.75 Å². The number of nitrogens with one attached hydrogen (secondary N) is 1. The van der Waals surface area contributed by atoms with Gasteiger partial charge in [-0.3, -0.25) is 4.57 Å². The Hall–Kier alpha value is -2.08. The second-order valence-electron chi connectivity index (χ2n) is 4.36. The molecule has 0 bridgehead atoms. The van der Waals surface area contributed by atoms with Crippen LogP contribution in [-0.4, -0.2) is 28.5 Å². The minimum absolute atomic E-state index is 0.138. The molecule has 102 valence electrons. The number of nitrogens with zero attached hydrogens (tertiary/aromatic N) is 3. The number of hydrogen-bond acceptors (Lipinski definition) is 4. The Kier molecular flexibility index (Phi) is 4.01. The molecule has 6 heteroatoms. The van der Waals surface area contributed by atoms with Crippen molar-refractivity contribution in [2.45, 2.75) is 13.1 Å². The van der Waals surface area contributed by atoms with Crippen molar-refractivity contribution in [2.24, 2.45) is 7.05 Å². The first-order chi connectivity index (χ1) is 9.15. The van der Waals surface area contributed by atoms with E-state index in [4.69, 9.17) is 4.74 Å². The van der Waals surface area contributed by atoms with Gasteiger partial charge in [-0.1, -0.05) is 6.07 Å². The van der Waals surface area contributed by atoms with E-state index in [2.05, 4.69) is 10.4 Å². The summed E-state index contributed by atoms with van der Waals surface area (Å²) in [5.41, 5.74) is 1.94. The van der Waals surface area contributed by atoms with Crippen LogP contribution in [-0.2, 0) is 20.1 Å². The molecule has 0 aliphatic rings. The predicted molar refractivity (Wildman–Crippen MR) is 72.3 cm³/mol. The molecule has 19 heavy (non-hydrogen) atoms. The Morgan fingerprint density at radius 2 is 2.21 bits per heavy atom. The summed E-state index contributed by atoms with van der Waals surface area (Å²) in [5.74, 6) is 0.761. The third-order valence-corrected chi connectivity index (χ3v) is 2.93. The molecule has 0 aliphatic carbocycles. The van der Waals surface area contributed by atoms with E-state index < -0.39 is 0 Å². The van der Waals surface area contributed by atoms with Crippen LogP contribution < -0.4 is 15.7 Å². The molecule has 1 aromatic carbocycles. The molecule has 0 saturated carbocycles. The summed E-state index contributed by atoms with van der Waals surface area (Å²) < 4.78 is 8.19. The normalized spacial score (nSPS) is 10.7. The Balaban J connectivity index is 2.34. The minimum Gasteiger partial charge on any atom is -0.496 e. The molecule has 0 saturated heterocycles. The lowest BCUT2D eigenvalue weighted by Crippen LogP contribution is -2.23. The van der Waals surface area contributed by atoms with Gasteiger partial charge in [-0.2, -0.15) is 5.10 Å². The molecule has 0 atom stereocenters. The SMILES string of the molecule is CNCc1ccc(OC)c(Cn2ncn(C)c2=O)c1. The zero-order valence-electron chi connectivity index (χ0n) is 11.4. The second kappa shape index (κ2) is 5.71. The summed E-state index contributed by atoms with van der Waals surface area (Å²) in [6.07, 6.45) is 1.51. The van der Waals surface area contributed by atoms with E-state index in [1.165, 1.54) is 15.6 Å². The van der Waals surface area contributed by atoms with Crippen LogP contribution in [0.3, 0.4) is 0 Å². The van der Waals surface area contributed by atoms with Crippen LogP contribution >= 0.6 is 0 Å². The number of methoxy groups -OCH3 is 1. The number of aromatic nitrogens is 3. The number of ether oxygens (including phenoxy) is 1. The third-order valence-electron chi connectivity index (χ3n) is 2.93. The number of benzene rings is 1. The summed E-state index contributed by atoms with van der Waals surface area (Å²) in [4.78, 5) is 11.8. The van der Waals surface area contributed by atoms with E-state index in [-0.39, 0.29) is 5.69 Å². The molecule has 0 aliphatic heterocycles. The van der Waals surface area contributed by atoms with Crippen LogP contribution in [0.15, 0.2) is 29.3 Å². The van der Waals surface area contributed by atoms with Crippen molar-refractivity contribution >= 4 is 0 Å². The average molecular weight is 262 g/mol. The van der Waals surface area contributed by atoms with E-state index in [0.29, 0.717) is 6.54 Å². The fourth-order valence-electron chi connectivity index (χ4n) is 1.96. The van der Waals surface area contributed by atoms with Crippen molar-refractivity contribution in [3.05, 3.63) is 46.1 Å². The van der Waals surface area contributed by atoms with E-state index in [9.17, 15) is 4.79 Å². The lowest BCUT2D eigenvalue weighted by atomic mass is 10.1. The Morgan fingerprint density at radius 1 is 1.42 bits per heavy atom. The van der Waals surface area contributed by atoms with Gasteiger partial charge in [0.2, 0.25) is 0 Å². The van der Waals surface area contributed by atoms with Gasteiger partial charge in [0.15, 0.2) is 0 Å². The van der Waals surface area contributed by atoms with Gasteiger partial charge in [-0.15, -0.1) is 0 Å². The molecule has 0 spiro atoms. The monoisotopic (exact) mass is 262 g/mol. The van der Waals surface area contributed by atoms with Gasteiger partial charge in [-0.05, 0) is 24.7 Å². The number of hydrogen-bond donors (Lipinski definition) is 1. The van der Waals surface area contributed by atoms with Crippen molar-refractivity contribution in [1.29, 1.82) is 0 Å². The van der Waals surface area contributed by atoms with Gasteiger partial charge in [0.1, 0.15) is 12.1 Å². The average Bonchev–Trinajstić information content (AvgIpc) is 2.72. The highest BCUT2D eigenvalue weighted by atomic mass is 16.5. The molecule has 2 rings (SSSR count). The molecule has 0 amide bonds. The maximum absolute atomic E-state index is 11.8. The first kappa shape index (κ1) is 13.4. The van der Waals surface area contributed by atoms with E-state index in [1.54, 1.807) is 14.2 Å². The molecular formula is C13H18N4O2. The summed E-state index contributed by atoms with van der Waals surface area (Å²) in [5, 5.41) is 7.16. The topological polar surface area (TPSA) is 61.1 Å². The van der Waals surface area contributed by atoms with E-state index >= 15 is 0 Å². The predicted octanol–water partition coefficient (Wildman–Crippen LogP) is 0.358. The highest BCUT2D eigenvalue weighted by Crippen LogP contribution is 2.20. The molecular weight excluding hydrogens is 244 g/mol. The highest BCUT2D eigenvalue weighted by molar-refractivity contribution is 5.37.